The van der Waals surface area contributed by atoms with Crippen molar-refractivity contribution in [1.29, 1.82) is 0 Å². The summed E-state index contributed by atoms with van der Waals surface area (Å²) in [4.78, 5) is 7.70. The SMILES string of the molecule is CC1(C)c2ccccc2-c2ccc(N(c3ccccc3)c3cc4c5c(c3)C(C)(C)c3cc(N(c6ccccc6)c6ccc7c(c6)C(C)(C)c6ccccc6-7)cc6c7cc(N(C8=CC=C9c%10ccccc%10C(C)(C)C9C8)c8ccccc8)cc(c7n-5c36)C4(C)C)cc21. The summed E-state index contributed by atoms with van der Waals surface area (Å²) in [6.45, 7) is 24.5. The van der Waals surface area contributed by atoms with E-state index in [1.807, 2.05) is 0 Å². The number of fused-ring (bicyclic) bond motifs is 10. The van der Waals surface area contributed by atoms with Crippen LogP contribution in [0.1, 0.15) is 131 Å². The van der Waals surface area contributed by atoms with E-state index in [9.17, 15) is 0 Å². The zero-order chi connectivity index (χ0) is 61.8. The average Bonchev–Trinajstić information content (AvgIpc) is 1.57. The summed E-state index contributed by atoms with van der Waals surface area (Å²) in [6, 6.07) is 90.4. The van der Waals surface area contributed by atoms with Gasteiger partial charge in [-0.05, 0) is 204 Å². The van der Waals surface area contributed by atoms with Gasteiger partial charge in [-0.2, -0.15) is 0 Å². The highest BCUT2D eigenvalue weighted by Crippen LogP contribution is 2.62. The zero-order valence-corrected chi connectivity index (χ0v) is 53.7. The average molecular weight is 1180 g/mol. The number of hydrogen-bond acceptors (Lipinski definition) is 3. The number of allylic oxidation sites excluding steroid dienone is 4. The number of anilines is 8. The van der Waals surface area contributed by atoms with E-state index in [1.54, 1.807) is 0 Å². The zero-order valence-electron chi connectivity index (χ0n) is 53.7. The van der Waals surface area contributed by atoms with Gasteiger partial charge in [0.05, 0.1) is 16.7 Å². The van der Waals surface area contributed by atoms with Crippen LogP contribution in [-0.4, -0.2) is 4.57 Å². The van der Waals surface area contributed by atoms with Crippen molar-refractivity contribution in [2.24, 2.45) is 5.92 Å². The van der Waals surface area contributed by atoms with Gasteiger partial charge in [0.25, 0.3) is 0 Å². The van der Waals surface area contributed by atoms with Crippen molar-refractivity contribution < 1.29 is 0 Å². The summed E-state index contributed by atoms with van der Waals surface area (Å²) in [5.41, 5.74) is 33.4. The molecule has 12 aromatic rings. The van der Waals surface area contributed by atoms with Gasteiger partial charge in [0.1, 0.15) is 0 Å². The third kappa shape index (κ3) is 7.33. The number of benzene rings is 11. The van der Waals surface area contributed by atoms with Crippen molar-refractivity contribution in [3.8, 4) is 27.9 Å². The molecule has 1 unspecified atom stereocenters. The monoisotopic (exact) mass is 1170 g/mol. The van der Waals surface area contributed by atoms with Crippen LogP contribution >= 0.6 is 0 Å². The lowest BCUT2D eigenvalue weighted by atomic mass is 9.68. The molecule has 0 saturated carbocycles. The maximum absolute atomic E-state index is 2.72. The van der Waals surface area contributed by atoms with Gasteiger partial charge in [-0.15, -0.1) is 0 Å². The normalized spacial score (nSPS) is 17.8. The predicted molar refractivity (Wildman–Crippen MR) is 382 cm³/mol. The third-order valence-electron chi connectivity index (χ3n) is 22.7. The molecule has 0 saturated heterocycles. The van der Waals surface area contributed by atoms with Gasteiger partial charge in [-0.1, -0.05) is 215 Å². The second-order valence-electron chi connectivity index (χ2n) is 29.4. The van der Waals surface area contributed by atoms with Crippen LogP contribution in [0.2, 0.25) is 0 Å². The van der Waals surface area contributed by atoms with Crippen LogP contribution in [0.15, 0.2) is 254 Å². The lowest BCUT2D eigenvalue weighted by Crippen LogP contribution is -2.34. The standard InChI is InChI=1S/C87H74N4/c1-83(2)70-35-23-20-32-62(70)65-41-38-56(46-73(65)83)88(53-26-14-11-15-27-53)59-44-68-69-45-60(89(54-28-16-12-17-29-54)57-39-42-66-63-33-21-24-36-71(63)84(3,4)74(66)47-57)50-77-81(69)91-80(68)76(49-59)86(7,8)78-51-61(52-79(82(78)91)87(77,9)10)90(55-30-18-13-19-31-55)58-40-43-67-64-34-22-25-37-72(64)85(5,6)75(67)48-58/h11-46,48-52,74H,47H2,1-10H3. The Labute approximate surface area is 535 Å². The molecule has 0 fully saturated rings. The molecule has 18 rings (SSSR count). The Morgan fingerprint density at radius 1 is 0.297 bits per heavy atom. The van der Waals surface area contributed by atoms with E-state index in [-0.39, 0.29) is 16.2 Å². The molecule has 2 aliphatic heterocycles. The van der Waals surface area contributed by atoms with Crippen molar-refractivity contribution >= 4 is 72.9 Å². The van der Waals surface area contributed by atoms with Crippen LogP contribution in [0, 0.1) is 5.92 Å². The summed E-state index contributed by atoms with van der Waals surface area (Å²) < 4.78 is 2.72. The molecule has 4 nitrogen and oxygen atoms in total. The minimum atomic E-state index is -0.471. The molecular formula is C87H74N4. The molecule has 0 N–H and O–H groups in total. The quantitative estimate of drug-likeness (QED) is 0.143. The number of para-hydroxylation sites is 3. The van der Waals surface area contributed by atoms with E-state index in [4.69, 9.17) is 0 Å². The molecule has 91 heavy (non-hydrogen) atoms. The lowest BCUT2D eigenvalue weighted by molar-refractivity contribution is 0.406. The van der Waals surface area contributed by atoms with Crippen LogP contribution in [0.5, 0.6) is 0 Å². The summed E-state index contributed by atoms with van der Waals surface area (Å²) in [7, 11) is 0. The minimum absolute atomic E-state index is 0.0402. The fourth-order valence-electron chi connectivity index (χ4n) is 17.9. The predicted octanol–water partition coefficient (Wildman–Crippen LogP) is 23.0. The van der Waals surface area contributed by atoms with Crippen molar-refractivity contribution in [2.75, 3.05) is 14.7 Å². The van der Waals surface area contributed by atoms with Crippen molar-refractivity contribution in [2.45, 2.75) is 103 Å². The number of aromatic nitrogens is 1. The van der Waals surface area contributed by atoms with E-state index in [0.717, 1.165) is 46.2 Å². The molecule has 11 aromatic carbocycles. The van der Waals surface area contributed by atoms with E-state index >= 15 is 0 Å². The number of rotatable bonds is 9. The number of hydrogen-bond donors (Lipinski definition) is 0. The first-order chi connectivity index (χ1) is 43.9. The second kappa shape index (κ2) is 18.6. The second-order valence-corrected chi connectivity index (χ2v) is 29.4. The summed E-state index contributed by atoms with van der Waals surface area (Å²) in [5.74, 6) is 0.323. The van der Waals surface area contributed by atoms with E-state index in [0.29, 0.717) is 5.92 Å². The Morgan fingerprint density at radius 2 is 0.659 bits per heavy atom. The molecule has 0 radical (unpaired) electrons. The van der Waals surface area contributed by atoms with Crippen LogP contribution in [0.4, 0.5) is 45.5 Å². The van der Waals surface area contributed by atoms with Gasteiger partial charge in [-0.3, -0.25) is 0 Å². The van der Waals surface area contributed by atoms with Crippen molar-refractivity contribution in [3.63, 3.8) is 0 Å². The molecule has 1 aromatic heterocycles. The Kier molecular flexibility index (Phi) is 11.1. The smallest absolute Gasteiger partial charge is 0.0583 e. The van der Waals surface area contributed by atoms with Gasteiger partial charge in [0.15, 0.2) is 0 Å². The molecule has 4 aliphatic carbocycles. The molecule has 0 amide bonds. The first kappa shape index (κ1) is 54.1. The van der Waals surface area contributed by atoms with Crippen LogP contribution < -0.4 is 14.7 Å². The minimum Gasteiger partial charge on any atom is -0.314 e. The fraction of sp³-hybridized carbons (Fsp3) is 0.195. The molecule has 3 heterocycles. The summed E-state index contributed by atoms with van der Waals surface area (Å²) in [5, 5.41) is 2.53. The Morgan fingerprint density at radius 3 is 1.14 bits per heavy atom. The molecule has 0 bridgehead atoms. The summed E-state index contributed by atoms with van der Waals surface area (Å²) in [6.07, 6.45) is 5.80. The van der Waals surface area contributed by atoms with Crippen LogP contribution in [-0.2, 0) is 27.1 Å². The highest BCUT2D eigenvalue weighted by atomic mass is 15.2. The van der Waals surface area contributed by atoms with Gasteiger partial charge < -0.3 is 19.3 Å². The third-order valence-corrected chi connectivity index (χ3v) is 22.7. The van der Waals surface area contributed by atoms with E-state index in [2.05, 4.69) is 337 Å². The maximum atomic E-state index is 2.72. The molecule has 1 atom stereocenters. The molecule has 6 aliphatic rings. The van der Waals surface area contributed by atoms with E-state index in [1.165, 1.54) is 122 Å². The first-order valence-corrected chi connectivity index (χ1v) is 32.8. The van der Waals surface area contributed by atoms with Gasteiger partial charge >= 0.3 is 0 Å². The highest BCUT2D eigenvalue weighted by Gasteiger charge is 2.48. The number of nitrogens with zero attached hydrogens (tertiary/aromatic N) is 4. The highest BCUT2D eigenvalue weighted by molar-refractivity contribution is 6.16. The van der Waals surface area contributed by atoms with Gasteiger partial charge in [0, 0.05) is 83.6 Å². The van der Waals surface area contributed by atoms with Crippen molar-refractivity contribution in [1.82, 2.24) is 4.57 Å². The topological polar surface area (TPSA) is 14.7 Å². The first-order valence-electron chi connectivity index (χ1n) is 32.8. The molecule has 0 spiro atoms. The van der Waals surface area contributed by atoms with Crippen molar-refractivity contribution in [3.05, 3.63) is 310 Å². The maximum Gasteiger partial charge on any atom is 0.0583 e. The molecule has 4 heteroatoms. The van der Waals surface area contributed by atoms with Gasteiger partial charge in [-0.25, -0.2) is 0 Å². The largest absolute Gasteiger partial charge is 0.314 e. The Balaban J connectivity index is 0.913. The van der Waals surface area contributed by atoms with Gasteiger partial charge in [0.2, 0.25) is 0 Å². The molecule has 442 valence electrons. The van der Waals surface area contributed by atoms with E-state index < -0.39 is 10.8 Å². The summed E-state index contributed by atoms with van der Waals surface area (Å²) >= 11 is 0. The van der Waals surface area contributed by atoms with Crippen LogP contribution in [0.3, 0.4) is 0 Å². The fourth-order valence-corrected chi connectivity index (χ4v) is 17.9. The Hall–Kier alpha value is -9.90. The molecular weight excluding hydrogens is 1100 g/mol. The van der Waals surface area contributed by atoms with Crippen LogP contribution in [0.25, 0.3) is 55.3 Å². The Bertz CT molecular complexity index is 5180. The lowest BCUT2D eigenvalue weighted by Gasteiger charge is -2.44.